The third-order valence-electron chi connectivity index (χ3n) is 3.55. The Labute approximate surface area is 102 Å². The lowest BCUT2D eigenvalue weighted by Crippen LogP contribution is -2.52. The van der Waals surface area contributed by atoms with E-state index in [-0.39, 0.29) is 5.54 Å². The average Bonchev–Trinajstić information content (AvgIpc) is 2.33. The molecular formula is C14H30N2. The Morgan fingerprint density at radius 1 is 1.38 bits per heavy atom. The summed E-state index contributed by atoms with van der Waals surface area (Å²) in [6.07, 6.45) is 8.94. The zero-order valence-electron chi connectivity index (χ0n) is 11.6. The van der Waals surface area contributed by atoms with Crippen LogP contribution in [0.3, 0.4) is 0 Å². The van der Waals surface area contributed by atoms with Gasteiger partial charge in [-0.1, -0.05) is 39.3 Å². The van der Waals surface area contributed by atoms with E-state index in [1.165, 1.54) is 12.8 Å². The van der Waals surface area contributed by atoms with Gasteiger partial charge in [0.1, 0.15) is 0 Å². The highest BCUT2D eigenvalue weighted by atomic mass is 15.0. The molecule has 2 unspecified atom stereocenters. The van der Waals surface area contributed by atoms with Gasteiger partial charge in [0.25, 0.3) is 0 Å². The molecule has 0 radical (unpaired) electrons. The van der Waals surface area contributed by atoms with Gasteiger partial charge in [0.2, 0.25) is 0 Å². The SMILES string of the molecule is C/C=C/CCNC(CC)(CN)CC(C)CC. The van der Waals surface area contributed by atoms with Crippen molar-refractivity contribution in [3.05, 3.63) is 12.2 Å². The molecule has 0 aromatic heterocycles. The monoisotopic (exact) mass is 226 g/mol. The molecule has 96 valence electrons. The summed E-state index contributed by atoms with van der Waals surface area (Å²) in [6.45, 7) is 10.6. The summed E-state index contributed by atoms with van der Waals surface area (Å²) in [4.78, 5) is 0. The van der Waals surface area contributed by atoms with E-state index in [9.17, 15) is 0 Å². The highest BCUT2D eigenvalue weighted by molar-refractivity contribution is 4.90. The van der Waals surface area contributed by atoms with Crippen molar-refractivity contribution in [3.8, 4) is 0 Å². The van der Waals surface area contributed by atoms with Gasteiger partial charge in [0.05, 0.1) is 0 Å². The molecule has 0 fully saturated rings. The van der Waals surface area contributed by atoms with Crippen LogP contribution in [0.25, 0.3) is 0 Å². The summed E-state index contributed by atoms with van der Waals surface area (Å²) in [5.74, 6) is 0.748. The molecule has 2 heteroatoms. The molecule has 0 aromatic carbocycles. The van der Waals surface area contributed by atoms with Gasteiger partial charge in [0, 0.05) is 12.1 Å². The number of allylic oxidation sites excluding steroid dienone is 1. The van der Waals surface area contributed by atoms with Crippen LogP contribution in [0.5, 0.6) is 0 Å². The van der Waals surface area contributed by atoms with Crippen LogP contribution in [0.4, 0.5) is 0 Å². The summed E-state index contributed by atoms with van der Waals surface area (Å²) < 4.78 is 0. The van der Waals surface area contributed by atoms with E-state index >= 15 is 0 Å². The molecule has 0 heterocycles. The van der Waals surface area contributed by atoms with E-state index < -0.39 is 0 Å². The van der Waals surface area contributed by atoms with Gasteiger partial charge in [-0.25, -0.2) is 0 Å². The van der Waals surface area contributed by atoms with Crippen molar-refractivity contribution in [2.45, 2.75) is 58.9 Å². The molecule has 0 rings (SSSR count). The highest BCUT2D eigenvalue weighted by Gasteiger charge is 2.26. The van der Waals surface area contributed by atoms with Crippen molar-refractivity contribution < 1.29 is 0 Å². The Kier molecular flexibility index (Phi) is 8.58. The van der Waals surface area contributed by atoms with Gasteiger partial charge in [0.15, 0.2) is 0 Å². The summed E-state index contributed by atoms with van der Waals surface area (Å²) >= 11 is 0. The molecule has 0 saturated heterocycles. The fraction of sp³-hybridized carbons (Fsp3) is 0.857. The van der Waals surface area contributed by atoms with Crippen LogP contribution in [0.1, 0.15) is 53.4 Å². The second kappa shape index (κ2) is 8.77. The van der Waals surface area contributed by atoms with Gasteiger partial charge in [-0.15, -0.1) is 0 Å². The molecule has 0 spiro atoms. The Morgan fingerprint density at radius 2 is 2.06 bits per heavy atom. The van der Waals surface area contributed by atoms with Gasteiger partial charge < -0.3 is 11.1 Å². The molecule has 0 aliphatic carbocycles. The van der Waals surface area contributed by atoms with Crippen LogP contribution in [-0.4, -0.2) is 18.6 Å². The van der Waals surface area contributed by atoms with Crippen LogP contribution in [0.2, 0.25) is 0 Å². The molecule has 0 saturated carbocycles. The van der Waals surface area contributed by atoms with Gasteiger partial charge in [-0.2, -0.15) is 0 Å². The molecule has 0 amide bonds. The largest absolute Gasteiger partial charge is 0.329 e. The second-order valence-corrected chi connectivity index (χ2v) is 4.84. The van der Waals surface area contributed by atoms with Crippen LogP contribution >= 0.6 is 0 Å². The van der Waals surface area contributed by atoms with E-state index in [1.807, 2.05) is 0 Å². The minimum Gasteiger partial charge on any atom is -0.329 e. The zero-order chi connectivity index (χ0) is 12.4. The Balaban J connectivity index is 4.20. The summed E-state index contributed by atoms with van der Waals surface area (Å²) in [5, 5.41) is 3.66. The number of rotatable bonds is 9. The Morgan fingerprint density at radius 3 is 2.50 bits per heavy atom. The van der Waals surface area contributed by atoms with E-state index in [2.05, 4.69) is 45.2 Å². The molecule has 2 atom stereocenters. The van der Waals surface area contributed by atoms with Crippen molar-refractivity contribution in [2.24, 2.45) is 11.7 Å². The Hall–Kier alpha value is -0.340. The van der Waals surface area contributed by atoms with Crippen LogP contribution in [-0.2, 0) is 0 Å². The maximum atomic E-state index is 5.96. The van der Waals surface area contributed by atoms with Crippen molar-refractivity contribution >= 4 is 0 Å². The average molecular weight is 226 g/mol. The van der Waals surface area contributed by atoms with E-state index in [4.69, 9.17) is 5.73 Å². The minimum absolute atomic E-state index is 0.150. The molecule has 16 heavy (non-hydrogen) atoms. The third kappa shape index (κ3) is 5.66. The molecule has 0 aliphatic rings. The first-order valence-corrected chi connectivity index (χ1v) is 6.70. The van der Waals surface area contributed by atoms with Crippen LogP contribution < -0.4 is 11.1 Å². The first-order chi connectivity index (χ1) is 7.64. The smallest absolute Gasteiger partial charge is 0.0304 e. The number of nitrogens with two attached hydrogens (primary N) is 1. The lowest BCUT2D eigenvalue weighted by Gasteiger charge is -2.35. The highest BCUT2D eigenvalue weighted by Crippen LogP contribution is 2.21. The molecule has 0 aromatic rings. The second-order valence-electron chi connectivity index (χ2n) is 4.84. The van der Waals surface area contributed by atoms with E-state index in [0.29, 0.717) is 0 Å². The van der Waals surface area contributed by atoms with Gasteiger partial charge in [-0.05, 0) is 38.6 Å². The standard InChI is InChI=1S/C14H30N2/c1-5-8-9-10-16-14(7-3,12-15)11-13(4)6-2/h5,8,13,16H,6-7,9-12,15H2,1-4H3/b8-5+. The Bertz CT molecular complexity index is 183. The summed E-state index contributed by atoms with van der Waals surface area (Å²) in [5.41, 5.74) is 6.11. The quantitative estimate of drug-likeness (QED) is 0.468. The maximum Gasteiger partial charge on any atom is 0.0304 e. The maximum absolute atomic E-state index is 5.96. The molecule has 0 bridgehead atoms. The normalized spacial score (nSPS) is 17.6. The van der Waals surface area contributed by atoms with Gasteiger partial charge in [-0.3, -0.25) is 0 Å². The summed E-state index contributed by atoms with van der Waals surface area (Å²) in [6, 6.07) is 0. The van der Waals surface area contributed by atoms with Crippen molar-refractivity contribution in [1.29, 1.82) is 0 Å². The lowest BCUT2D eigenvalue weighted by molar-refractivity contribution is 0.256. The van der Waals surface area contributed by atoms with Crippen LogP contribution in [0, 0.1) is 5.92 Å². The fourth-order valence-corrected chi connectivity index (χ4v) is 2.04. The minimum atomic E-state index is 0.150. The number of hydrogen-bond donors (Lipinski definition) is 2. The van der Waals surface area contributed by atoms with Gasteiger partial charge >= 0.3 is 0 Å². The topological polar surface area (TPSA) is 38.0 Å². The van der Waals surface area contributed by atoms with Crippen molar-refractivity contribution in [1.82, 2.24) is 5.32 Å². The van der Waals surface area contributed by atoms with E-state index in [0.717, 1.165) is 31.8 Å². The van der Waals surface area contributed by atoms with E-state index in [1.54, 1.807) is 0 Å². The van der Waals surface area contributed by atoms with Crippen molar-refractivity contribution in [3.63, 3.8) is 0 Å². The fourth-order valence-electron chi connectivity index (χ4n) is 2.04. The number of hydrogen-bond acceptors (Lipinski definition) is 2. The predicted octanol–water partition coefficient (Wildman–Crippen LogP) is 3.09. The molecular weight excluding hydrogens is 196 g/mol. The first-order valence-electron chi connectivity index (χ1n) is 6.70. The number of nitrogens with one attached hydrogen (secondary N) is 1. The zero-order valence-corrected chi connectivity index (χ0v) is 11.6. The van der Waals surface area contributed by atoms with Crippen LogP contribution in [0.15, 0.2) is 12.2 Å². The predicted molar refractivity (Wildman–Crippen MR) is 73.6 cm³/mol. The van der Waals surface area contributed by atoms with Crippen molar-refractivity contribution in [2.75, 3.05) is 13.1 Å². The first kappa shape index (κ1) is 15.7. The summed E-state index contributed by atoms with van der Waals surface area (Å²) in [7, 11) is 0. The molecule has 2 nitrogen and oxygen atoms in total. The third-order valence-corrected chi connectivity index (χ3v) is 3.55. The molecule has 0 aliphatic heterocycles. The molecule has 3 N–H and O–H groups in total. The lowest BCUT2D eigenvalue weighted by atomic mass is 9.84.